The van der Waals surface area contributed by atoms with Gasteiger partial charge in [-0.05, 0) is 0 Å². The van der Waals surface area contributed by atoms with Gasteiger partial charge in [-0.25, -0.2) is 0 Å². The molecular weight excluding hydrogens is 310 g/mol. The van der Waals surface area contributed by atoms with Crippen LogP contribution in [0.15, 0.2) is 48.5 Å². The summed E-state index contributed by atoms with van der Waals surface area (Å²) in [6.07, 6.45) is 2.26. The molecule has 24 heavy (non-hydrogen) atoms. The average Bonchev–Trinajstić information content (AvgIpc) is 2.58. The average molecular weight is 342 g/mol. The molecule has 0 heterocycles. The molecule has 2 aromatic carbocycles. The van der Waals surface area contributed by atoms with Gasteiger partial charge >= 0.3 is 150 Å². The van der Waals surface area contributed by atoms with E-state index >= 15 is 0 Å². The second-order valence-corrected chi connectivity index (χ2v) is 10.1. The van der Waals surface area contributed by atoms with Crippen LogP contribution < -0.4 is 10.6 Å². The molecule has 0 saturated heterocycles. The van der Waals surface area contributed by atoms with Crippen molar-refractivity contribution in [3.63, 3.8) is 0 Å². The second-order valence-electron chi connectivity index (χ2n) is 7.31. The Kier molecular flexibility index (Phi) is 7.49. The predicted octanol–water partition coefficient (Wildman–Crippen LogP) is 1.34. The molecule has 0 spiro atoms. The first-order valence-corrected chi connectivity index (χ1v) is 11.2. The van der Waals surface area contributed by atoms with Crippen LogP contribution >= 0.6 is 7.80 Å². The van der Waals surface area contributed by atoms with Crippen molar-refractivity contribution in [2.45, 2.75) is 12.8 Å². The van der Waals surface area contributed by atoms with E-state index in [0.29, 0.717) is 0 Å². The molecule has 2 rings (SSSR count). The zero-order valence-electron chi connectivity index (χ0n) is 15.9. The summed E-state index contributed by atoms with van der Waals surface area (Å²) in [6.45, 7) is 2.22. The molecule has 0 radical (unpaired) electrons. The summed E-state index contributed by atoms with van der Waals surface area (Å²) in [7, 11) is 9.90. The Hall–Kier alpha value is -1.15. The van der Waals surface area contributed by atoms with Crippen molar-refractivity contribution in [2.75, 3.05) is 41.3 Å². The van der Waals surface area contributed by atoms with Crippen molar-refractivity contribution in [1.82, 2.24) is 9.80 Å². The summed E-state index contributed by atoms with van der Waals surface area (Å²) in [5.74, 6) is 0. The Morgan fingerprint density at radius 2 is 1.00 bits per heavy atom. The van der Waals surface area contributed by atoms with Crippen LogP contribution in [0.2, 0.25) is 0 Å². The molecule has 2 nitrogen and oxygen atoms in total. The van der Waals surface area contributed by atoms with Crippen molar-refractivity contribution in [3.05, 3.63) is 59.7 Å². The molecule has 130 valence electrons. The van der Waals surface area contributed by atoms with Crippen LogP contribution in [-0.4, -0.2) is 58.6 Å². The monoisotopic (exact) mass is 342 g/mol. The molecule has 0 aliphatic heterocycles. The first-order valence-electron chi connectivity index (χ1n) is 8.93. The summed E-state index contributed by atoms with van der Waals surface area (Å²) in [4.78, 5) is 4.48. The van der Waals surface area contributed by atoms with Gasteiger partial charge in [0.15, 0.2) is 0 Å². The molecule has 0 aromatic heterocycles. The van der Waals surface area contributed by atoms with E-state index in [1.165, 1.54) is 21.7 Å². The van der Waals surface area contributed by atoms with Crippen LogP contribution in [0.25, 0.3) is 0 Å². The molecule has 0 saturated carbocycles. The van der Waals surface area contributed by atoms with Gasteiger partial charge in [-0.2, -0.15) is 0 Å². The molecule has 0 bridgehead atoms. The number of hydrogen-bond donors (Lipinski definition) is 0. The quantitative estimate of drug-likeness (QED) is 0.528. The first-order chi connectivity index (χ1) is 11.5. The van der Waals surface area contributed by atoms with Crippen molar-refractivity contribution in [2.24, 2.45) is 0 Å². The van der Waals surface area contributed by atoms with Crippen LogP contribution in [0.4, 0.5) is 0 Å². The fourth-order valence-electron chi connectivity index (χ4n) is 2.84. The van der Waals surface area contributed by atoms with Crippen molar-refractivity contribution < 1.29 is 0 Å². The second kappa shape index (κ2) is 9.37. The Balaban J connectivity index is 1.98. The van der Waals surface area contributed by atoms with Crippen LogP contribution in [-0.2, 0) is 12.8 Å². The van der Waals surface area contributed by atoms with Gasteiger partial charge in [0.1, 0.15) is 0 Å². The number of nitrogens with zero attached hydrogens (tertiary/aromatic N) is 2. The number of rotatable bonds is 8. The normalized spacial score (nSPS) is 12.0. The summed E-state index contributed by atoms with van der Waals surface area (Å²) in [5.41, 5.74) is 2.88. The number of hydrogen-bond acceptors (Lipinski definition) is 2. The van der Waals surface area contributed by atoms with Crippen LogP contribution in [0.5, 0.6) is 0 Å². The molecule has 0 fully saturated rings. The van der Waals surface area contributed by atoms with Crippen molar-refractivity contribution in [3.8, 4) is 0 Å². The van der Waals surface area contributed by atoms with Gasteiger partial charge in [0.25, 0.3) is 0 Å². The van der Waals surface area contributed by atoms with Gasteiger partial charge in [-0.3, -0.25) is 0 Å². The van der Waals surface area contributed by atoms with Gasteiger partial charge in [0, 0.05) is 0 Å². The third kappa shape index (κ3) is 6.05. The SMILES string of the molecule is B[PH2](c1ccc(CCN(C)C)cc1)c1ccc(CCN(C)C)cc1. The Morgan fingerprint density at radius 3 is 1.29 bits per heavy atom. The van der Waals surface area contributed by atoms with Gasteiger partial charge in [0.2, 0.25) is 0 Å². The number of benzene rings is 2. The minimum atomic E-state index is -1.06. The third-order valence-electron chi connectivity index (χ3n) is 4.65. The molecule has 0 atom stereocenters. The van der Waals surface area contributed by atoms with E-state index in [-0.39, 0.29) is 0 Å². The molecule has 0 N–H and O–H groups in total. The maximum atomic E-state index is 2.43. The van der Waals surface area contributed by atoms with Crippen LogP contribution in [0.1, 0.15) is 11.1 Å². The molecular formula is C20H32BN2P. The van der Waals surface area contributed by atoms with Crippen LogP contribution in [0.3, 0.4) is 0 Å². The first kappa shape index (κ1) is 19.2. The molecule has 0 unspecified atom stereocenters. The van der Waals surface area contributed by atoms with E-state index in [2.05, 4.69) is 94.1 Å². The molecule has 4 heteroatoms. The molecule has 2 aromatic rings. The minimum absolute atomic E-state index is 1.06. The van der Waals surface area contributed by atoms with Gasteiger partial charge in [-0.15, -0.1) is 0 Å². The Labute approximate surface area is 150 Å². The third-order valence-corrected chi connectivity index (χ3v) is 7.42. The fraction of sp³-hybridized carbons (Fsp3) is 0.400. The maximum absolute atomic E-state index is 2.43. The van der Waals surface area contributed by atoms with E-state index < -0.39 is 7.80 Å². The Bertz CT molecular complexity index is 553. The van der Waals surface area contributed by atoms with E-state index in [1.807, 2.05) is 0 Å². The van der Waals surface area contributed by atoms with E-state index in [4.69, 9.17) is 0 Å². The van der Waals surface area contributed by atoms with Crippen LogP contribution in [0, 0.1) is 0 Å². The molecule has 0 amide bonds. The zero-order chi connectivity index (χ0) is 17.5. The molecule has 0 aliphatic rings. The summed E-state index contributed by atoms with van der Waals surface area (Å²) in [6, 6.07) is 18.6. The van der Waals surface area contributed by atoms with E-state index in [9.17, 15) is 0 Å². The zero-order valence-corrected chi connectivity index (χ0v) is 17.1. The predicted molar refractivity (Wildman–Crippen MR) is 115 cm³/mol. The van der Waals surface area contributed by atoms with Crippen molar-refractivity contribution >= 4 is 26.0 Å². The van der Waals surface area contributed by atoms with Crippen molar-refractivity contribution in [1.29, 1.82) is 0 Å². The Morgan fingerprint density at radius 1 is 0.667 bits per heavy atom. The number of likely N-dealkylation sites (N-methyl/N-ethyl adjacent to an activating group) is 2. The van der Waals surface area contributed by atoms with Gasteiger partial charge in [-0.1, -0.05) is 0 Å². The summed E-state index contributed by atoms with van der Waals surface area (Å²) >= 11 is 0. The van der Waals surface area contributed by atoms with Gasteiger partial charge < -0.3 is 0 Å². The molecule has 0 aliphatic carbocycles. The topological polar surface area (TPSA) is 6.48 Å². The standard InChI is InChI=1S/C20H32BN2P/c1-22(2)15-13-17-5-9-19(10-6-17)24(21)20-11-7-18(8-12-20)14-16-23(3)4/h5-12H,13-16,21,24H2,1-4H3. The van der Waals surface area contributed by atoms with E-state index in [1.54, 1.807) is 0 Å². The van der Waals surface area contributed by atoms with E-state index in [0.717, 1.165) is 25.9 Å². The summed E-state index contributed by atoms with van der Waals surface area (Å²) < 4.78 is 0. The fourth-order valence-corrected chi connectivity index (χ4v) is 4.77. The summed E-state index contributed by atoms with van der Waals surface area (Å²) in [5, 5.41) is 3.06. The van der Waals surface area contributed by atoms with Gasteiger partial charge in [0.05, 0.1) is 0 Å².